The maximum absolute atomic E-state index is 13.6. The number of para-hydroxylation sites is 1. The lowest BCUT2D eigenvalue weighted by atomic mass is 9.92. The SMILES string of the molecule is COc1ccc(NC(=O)N2CCc3c([nH]c4ccccc34)C2c2ccc(C)cc2)c(OC)c1. The van der Waals surface area contributed by atoms with Crippen LogP contribution in [0.15, 0.2) is 66.7 Å². The van der Waals surface area contributed by atoms with Crippen molar-refractivity contribution in [3.8, 4) is 11.5 Å². The van der Waals surface area contributed by atoms with Crippen LogP contribution in [-0.4, -0.2) is 36.7 Å². The molecule has 0 aliphatic carbocycles. The molecule has 1 atom stereocenters. The molecule has 2 N–H and O–H groups in total. The predicted octanol–water partition coefficient (Wildman–Crippen LogP) is 5.67. The monoisotopic (exact) mass is 441 g/mol. The summed E-state index contributed by atoms with van der Waals surface area (Å²) in [6, 6.07) is 21.7. The molecule has 3 aromatic carbocycles. The van der Waals surface area contributed by atoms with Crippen molar-refractivity contribution >= 4 is 22.6 Å². The van der Waals surface area contributed by atoms with Gasteiger partial charge in [-0.1, -0.05) is 48.0 Å². The Bertz CT molecular complexity index is 1310. The van der Waals surface area contributed by atoms with Crippen molar-refractivity contribution in [3.63, 3.8) is 0 Å². The topological polar surface area (TPSA) is 66.6 Å². The van der Waals surface area contributed by atoms with E-state index in [4.69, 9.17) is 9.47 Å². The van der Waals surface area contributed by atoms with Gasteiger partial charge in [-0.15, -0.1) is 0 Å². The molecular weight excluding hydrogens is 414 g/mol. The third-order valence-electron chi connectivity index (χ3n) is 6.34. The van der Waals surface area contributed by atoms with Gasteiger partial charge in [-0.3, -0.25) is 0 Å². The number of hydrogen-bond donors (Lipinski definition) is 2. The van der Waals surface area contributed by atoms with Gasteiger partial charge in [0.05, 0.1) is 25.9 Å². The van der Waals surface area contributed by atoms with Gasteiger partial charge in [0.2, 0.25) is 0 Å². The minimum absolute atomic E-state index is 0.173. The van der Waals surface area contributed by atoms with E-state index in [1.807, 2.05) is 17.0 Å². The largest absolute Gasteiger partial charge is 0.497 e. The summed E-state index contributed by atoms with van der Waals surface area (Å²) in [4.78, 5) is 19.1. The number of aromatic amines is 1. The molecule has 0 bridgehead atoms. The lowest BCUT2D eigenvalue weighted by molar-refractivity contribution is 0.193. The van der Waals surface area contributed by atoms with E-state index >= 15 is 0 Å². The highest BCUT2D eigenvalue weighted by molar-refractivity contribution is 5.93. The highest BCUT2D eigenvalue weighted by Gasteiger charge is 2.34. The molecule has 33 heavy (non-hydrogen) atoms. The first kappa shape index (κ1) is 20.9. The first-order valence-corrected chi connectivity index (χ1v) is 11.0. The van der Waals surface area contributed by atoms with Gasteiger partial charge in [-0.25, -0.2) is 4.79 Å². The van der Waals surface area contributed by atoms with Crippen LogP contribution in [0.3, 0.4) is 0 Å². The third-order valence-corrected chi connectivity index (χ3v) is 6.34. The van der Waals surface area contributed by atoms with Gasteiger partial charge in [0, 0.05) is 29.2 Å². The molecule has 6 nitrogen and oxygen atoms in total. The number of aromatic nitrogens is 1. The number of aryl methyl sites for hydroxylation is 1. The van der Waals surface area contributed by atoms with Crippen LogP contribution < -0.4 is 14.8 Å². The van der Waals surface area contributed by atoms with Crippen LogP contribution in [0.5, 0.6) is 11.5 Å². The number of amides is 2. The second kappa shape index (κ2) is 8.54. The van der Waals surface area contributed by atoms with Gasteiger partial charge in [0.25, 0.3) is 0 Å². The quantitative estimate of drug-likeness (QED) is 0.429. The van der Waals surface area contributed by atoms with Crippen LogP contribution in [0.4, 0.5) is 10.5 Å². The molecule has 1 unspecified atom stereocenters. The van der Waals surface area contributed by atoms with E-state index in [1.165, 1.54) is 16.5 Å². The Kier molecular flexibility index (Phi) is 5.42. The summed E-state index contributed by atoms with van der Waals surface area (Å²) in [5.41, 5.74) is 6.31. The number of H-pyrrole nitrogens is 1. The van der Waals surface area contributed by atoms with E-state index in [1.54, 1.807) is 26.4 Å². The Morgan fingerprint density at radius 2 is 1.82 bits per heavy atom. The summed E-state index contributed by atoms with van der Waals surface area (Å²) >= 11 is 0. The molecule has 168 valence electrons. The summed E-state index contributed by atoms with van der Waals surface area (Å²) in [5, 5.41) is 4.27. The summed E-state index contributed by atoms with van der Waals surface area (Å²) < 4.78 is 10.8. The van der Waals surface area contributed by atoms with Gasteiger partial charge in [0.1, 0.15) is 11.5 Å². The van der Waals surface area contributed by atoms with Crippen molar-refractivity contribution in [1.29, 1.82) is 0 Å². The Balaban J connectivity index is 1.55. The summed E-state index contributed by atoms with van der Waals surface area (Å²) in [5.74, 6) is 1.22. The molecule has 5 rings (SSSR count). The molecule has 0 saturated heterocycles. The number of rotatable bonds is 4. The highest BCUT2D eigenvalue weighted by Crippen LogP contribution is 2.39. The second-order valence-corrected chi connectivity index (χ2v) is 8.32. The minimum Gasteiger partial charge on any atom is -0.497 e. The van der Waals surface area contributed by atoms with Crippen molar-refractivity contribution in [3.05, 3.63) is 89.1 Å². The fourth-order valence-electron chi connectivity index (χ4n) is 4.64. The number of urea groups is 1. The van der Waals surface area contributed by atoms with Crippen LogP contribution in [0.25, 0.3) is 10.9 Å². The van der Waals surface area contributed by atoms with Crippen LogP contribution in [0.2, 0.25) is 0 Å². The number of nitrogens with zero attached hydrogens (tertiary/aromatic N) is 1. The second-order valence-electron chi connectivity index (χ2n) is 8.32. The number of hydrogen-bond acceptors (Lipinski definition) is 3. The van der Waals surface area contributed by atoms with Crippen molar-refractivity contribution < 1.29 is 14.3 Å². The molecule has 0 spiro atoms. The molecule has 0 radical (unpaired) electrons. The maximum Gasteiger partial charge on any atom is 0.322 e. The molecule has 1 aromatic heterocycles. The number of fused-ring (bicyclic) bond motifs is 3. The minimum atomic E-state index is -0.217. The van der Waals surface area contributed by atoms with Crippen LogP contribution in [0, 0.1) is 6.92 Å². The average Bonchev–Trinajstić information content (AvgIpc) is 3.23. The molecular formula is C27H27N3O3. The number of benzene rings is 3. The number of carbonyl (C=O) groups is 1. The zero-order valence-electron chi connectivity index (χ0n) is 19.0. The van der Waals surface area contributed by atoms with Crippen molar-refractivity contribution in [2.75, 3.05) is 26.1 Å². The van der Waals surface area contributed by atoms with E-state index in [0.717, 1.165) is 23.2 Å². The van der Waals surface area contributed by atoms with Crippen LogP contribution >= 0.6 is 0 Å². The smallest absolute Gasteiger partial charge is 0.322 e. The van der Waals surface area contributed by atoms with E-state index in [-0.39, 0.29) is 12.1 Å². The first-order chi connectivity index (χ1) is 16.1. The Morgan fingerprint density at radius 1 is 1.03 bits per heavy atom. The molecule has 0 saturated carbocycles. The van der Waals surface area contributed by atoms with Gasteiger partial charge >= 0.3 is 6.03 Å². The standard InChI is InChI=1S/C27H27N3O3/c1-17-8-10-18(11-9-17)26-25-21(20-6-4-5-7-22(20)28-25)14-15-30(26)27(31)29-23-13-12-19(32-2)16-24(23)33-3/h4-13,16,26,28H,14-15H2,1-3H3,(H,29,31). The van der Waals surface area contributed by atoms with Gasteiger partial charge in [0.15, 0.2) is 0 Å². The fraction of sp³-hybridized carbons (Fsp3) is 0.222. The van der Waals surface area contributed by atoms with Gasteiger partial charge < -0.3 is 24.7 Å². The highest BCUT2D eigenvalue weighted by atomic mass is 16.5. The lowest BCUT2D eigenvalue weighted by Crippen LogP contribution is -2.43. The van der Waals surface area contributed by atoms with Crippen molar-refractivity contribution in [2.45, 2.75) is 19.4 Å². The molecule has 2 amide bonds. The van der Waals surface area contributed by atoms with E-state index in [9.17, 15) is 4.79 Å². The van der Waals surface area contributed by atoms with E-state index in [2.05, 4.69) is 59.7 Å². The van der Waals surface area contributed by atoms with Crippen molar-refractivity contribution in [1.82, 2.24) is 9.88 Å². The molecule has 0 fully saturated rings. The van der Waals surface area contributed by atoms with E-state index in [0.29, 0.717) is 23.7 Å². The van der Waals surface area contributed by atoms with Crippen LogP contribution in [0.1, 0.15) is 28.4 Å². The Hall–Kier alpha value is -3.93. The fourth-order valence-corrected chi connectivity index (χ4v) is 4.64. The zero-order chi connectivity index (χ0) is 22.9. The number of methoxy groups -OCH3 is 2. The lowest BCUT2D eigenvalue weighted by Gasteiger charge is -2.36. The molecule has 4 aromatic rings. The molecule has 6 heteroatoms. The maximum atomic E-state index is 13.6. The third kappa shape index (κ3) is 3.78. The number of ether oxygens (including phenoxy) is 2. The zero-order valence-corrected chi connectivity index (χ0v) is 19.0. The normalized spacial score (nSPS) is 15.2. The predicted molar refractivity (Wildman–Crippen MR) is 130 cm³/mol. The summed E-state index contributed by atoms with van der Waals surface area (Å²) in [7, 11) is 3.18. The number of nitrogens with one attached hydrogen (secondary N) is 2. The molecule has 1 aliphatic heterocycles. The molecule has 2 heterocycles. The first-order valence-electron chi connectivity index (χ1n) is 11.0. The Labute approximate surface area is 193 Å². The van der Waals surface area contributed by atoms with Crippen LogP contribution in [-0.2, 0) is 6.42 Å². The van der Waals surface area contributed by atoms with Gasteiger partial charge in [-0.2, -0.15) is 0 Å². The number of anilines is 1. The molecule has 1 aliphatic rings. The van der Waals surface area contributed by atoms with E-state index < -0.39 is 0 Å². The Morgan fingerprint density at radius 3 is 2.58 bits per heavy atom. The summed E-state index contributed by atoms with van der Waals surface area (Å²) in [6.07, 6.45) is 0.787. The van der Waals surface area contributed by atoms with Crippen molar-refractivity contribution in [2.24, 2.45) is 0 Å². The summed E-state index contributed by atoms with van der Waals surface area (Å²) in [6.45, 7) is 2.68. The average molecular weight is 442 g/mol. The van der Waals surface area contributed by atoms with Gasteiger partial charge in [-0.05, 0) is 42.7 Å². The number of carbonyl (C=O) groups excluding carboxylic acids is 1.